The van der Waals surface area contributed by atoms with Gasteiger partial charge in [-0.2, -0.15) is 5.10 Å². The molecule has 3 rings (SSSR count). The lowest BCUT2D eigenvalue weighted by atomic mass is 10.2. The number of carbonyl (C=O) groups is 1. The van der Waals surface area contributed by atoms with E-state index < -0.39 is 11.5 Å². The van der Waals surface area contributed by atoms with Crippen molar-refractivity contribution < 1.29 is 15.0 Å². The van der Waals surface area contributed by atoms with Gasteiger partial charge in [0.2, 0.25) is 5.88 Å². The van der Waals surface area contributed by atoms with E-state index in [0.717, 1.165) is 19.1 Å². The van der Waals surface area contributed by atoms with Crippen molar-refractivity contribution in [1.29, 1.82) is 0 Å². The first-order valence-corrected chi connectivity index (χ1v) is 7.59. The fraction of sp³-hybridized carbons (Fsp3) is 0.200. The summed E-state index contributed by atoms with van der Waals surface area (Å²) in [6, 6.07) is 6.04. The average molecular weight is 346 g/mol. The first-order valence-electron chi connectivity index (χ1n) is 7.18. The number of nitrogens with one attached hydrogen (secondary N) is 2. The Bertz CT molecular complexity index is 943. The monoisotopic (exact) mass is 346 g/mol. The molecule has 1 amide bonds. The summed E-state index contributed by atoms with van der Waals surface area (Å²) in [4.78, 5) is 26.3. The van der Waals surface area contributed by atoms with Crippen molar-refractivity contribution in [2.45, 2.75) is 18.9 Å². The highest BCUT2D eigenvalue weighted by Gasteiger charge is 2.27. The topological polar surface area (TPSA) is 120 Å². The van der Waals surface area contributed by atoms with Crippen molar-refractivity contribution in [3.05, 3.63) is 50.5 Å². The standard InChI is InChI=1S/C15H14N4O4S/c20-11-4-2-1-3-9(11)13(22)18-16-7-10-12(21)17-15(24)19(14(10)23)8-5-6-8/h1-4,7-8,20,23H,5-6H2,(H,18,22)(H,17,21,24)/b16-7+. The van der Waals surface area contributed by atoms with Crippen molar-refractivity contribution in [2.75, 3.05) is 0 Å². The molecule has 0 bridgehead atoms. The van der Waals surface area contributed by atoms with Crippen molar-refractivity contribution in [3.8, 4) is 11.6 Å². The lowest BCUT2D eigenvalue weighted by molar-refractivity contribution is 0.0952. The molecule has 0 unspecified atom stereocenters. The van der Waals surface area contributed by atoms with Crippen LogP contribution in [0.5, 0.6) is 11.6 Å². The number of phenols is 1. The summed E-state index contributed by atoms with van der Waals surface area (Å²) >= 11 is 5.04. The zero-order valence-corrected chi connectivity index (χ0v) is 13.2. The number of aromatic hydroxyl groups is 2. The summed E-state index contributed by atoms with van der Waals surface area (Å²) in [7, 11) is 0. The van der Waals surface area contributed by atoms with E-state index >= 15 is 0 Å². The number of hydrazone groups is 1. The van der Waals surface area contributed by atoms with E-state index in [2.05, 4.69) is 15.5 Å². The van der Waals surface area contributed by atoms with Crippen molar-refractivity contribution in [1.82, 2.24) is 15.0 Å². The predicted octanol–water partition coefficient (Wildman–Crippen LogP) is 1.42. The van der Waals surface area contributed by atoms with Crippen LogP contribution in [0.4, 0.5) is 0 Å². The van der Waals surface area contributed by atoms with E-state index in [9.17, 15) is 19.8 Å². The number of phenolic OH excluding ortho intramolecular Hbond substituents is 1. The third-order valence-electron chi connectivity index (χ3n) is 3.57. The van der Waals surface area contributed by atoms with Crippen LogP contribution in [0.1, 0.15) is 34.8 Å². The van der Waals surface area contributed by atoms with Crippen LogP contribution in [0.3, 0.4) is 0 Å². The van der Waals surface area contributed by atoms with Gasteiger partial charge in [-0.15, -0.1) is 0 Å². The van der Waals surface area contributed by atoms with Crippen molar-refractivity contribution >= 4 is 24.3 Å². The second kappa shape index (κ2) is 6.28. The van der Waals surface area contributed by atoms with Gasteiger partial charge in [-0.25, -0.2) is 5.43 Å². The Balaban J connectivity index is 1.84. The summed E-state index contributed by atoms with van der Waals surface area (Å²) in [5, 5.41) is 23.5. The molecule has 0 spiro atoms. The normalized spacial score (nSPS) is 14.0. The SMILES string of the molecule is O=C(N/N=C/c1c(O)n(C2CC2)c(=S)[nH]c1=O)c1ccccc1O. The van der Waals surface area contributed by atoms with Crippen LogP contribution in [0.2, 0.25) is 0 Å². The molecule has 0 saturated heterocycles. The predicted molar refractivity (Wildman–Crippen MR) is 89.0 cm³/mol. The van der Waals surface area contributed by atoms with Crippen LogP contribution in [0, 0.1) is 4.77 Å². The van der Waals surface area contributed by atoms with Gasteiger partial charge in [0.25, 0.3) is 11.5 Å². The van der Waals surface area contributed by atoms with Crippen molar-refractivity contribution in [2.24, 2.45) is 5.10 Å². The Hall–Kier alpha value is -2.94. The summed E-state index contributed by atoms with van der Waals surface area (Å²) in [6.07, 6.45) is 2.78. The first-order chi connectivity index (χ1) is 11.5. The zero-order chi connectivity index (χ0) is 17.3. The lowest BCUT2D eigenvalue weighted by Gasteiger charge is -2.09. The van der Waals surface area contributed by atoms with Gasteiger partial charge in [0.1, 0.15) is 11.3 Å². The van der Waals surface area contributed by atoms with Gasteiger partial charge in [-0.1, -0.05) is 12.1 Å². The molecule has 0 atom stereocenters. The summed E-state index contributed by atoms with van der Waals surface area (Å²) in [5.74, 6) is -1.12. The third kappa shape index (κ3) is 3.06. The van der Waals surface area contributed by atoms with Gasteiger partial charge in [0, 0.05) is 6.04 Å². The smallest absolute Gasteiger partial charge is 0.275 e. The van der Waals surface area contributed by atoms with Crippen LogP contribution in [-0.2, 0) is 0 Å². The summed E-state index contributed by atoms with van der Waals surface area (Å²) in [5.41, 5.74) is 1.53. The number of rotatable bonds is 4. The van der Waals surface area contributed by atoms with Crippen LogP contribution < -0.4 is 11.0 Å². The molecular formula is C15H14N4O4S. The Kier molecular flexibility index (Phi) is 4.17. The number of benzene rings is 1. The molecule has 0 aliphatic heterocycles. The molecule has 2 aromatic rings. The van der Waals surface area contributed by atoms with Crippen LogP contribution >= 0.6 is 12.2 Å². The molecule has 1 aromatic heterocycles. The van der Waals surface area contributed by atoms with Gasteiger partial charge in [-0.05, 0) is 37.2 Å². The highest BCUT2D eigenvalue weighted by molar-refractivity contribution is 7.71. The van der Waals surface area contributed by atoms with Gasteiger partial charge in [-0.3, -0.25) is 19.1 Å². The number of hydrogen-bond donors (Lipinski definition) is 4. The number of H-pyrrole nitrogens is 1. The maximum absolute atomic E-state index is 11.9. The number of amides is 1. The zero-order valence-electron chi connectivity index (χ0n) is 12.4. The van der Waals surface area contributed by atoms with Crippen LogP contribution in [0.25, 0.3) is 0 Å². The molecule has 4 N–H and O–H groups in total. The molecule has 8 nitrogen and oxygen atoms in total. The molecular weight excluding hydrogens is 332 g/mol. The van der Waals surface area contributed by atoms with E-state index in [0.29, 0.717) is 0 Å². The number of nitrogens with zero attached hydrogens (tertiary/aromatic N) is 2. The molecule has 9 heteroatoms. The molecule has 1 aromatic carbocycles. The molecule has 124 valence electrons. The maximum atomic E-state index is 11.9. The number of aromatic amines is 1. The third-order valence-corrected chi connectivity index (χ3v) is 3.87. The molecule has 1 aliphatic rings. The minimum absolute atomic E-state index is 0.0433. The molecule has 0 radical (unpaired) electrons. The molecule has 24 heavy (non-hydrogen) atoms. The van der Waals surface area contributed by atoms with Crippen LogP contribution in [-0.4, -0.2) is 31.9 Å². The number of para-hydroxylation sites is 1. The van der Waals surface area contributed by atoms with E-state index in [4.69, 9.17) is 12.2 Å². The highest BCUT2D eigenvalue weighted by Crippen LogP contribution is 2.37. The quantitative estimate of drug-likeness (QED) is 0.379. The number of aromatic nitrogens is 2. The Morgan fingerprint density at radius 2 is 2.08 bits per heavy atom. The molecule has 1 aliphatic carbocycles. The summed E-state index contributed by atoms with van der Waals surface area (Å²) < 4.78 is 1.61. The Morgan fingerprint density at radius 1 is 1.38 bits per heavy atom. The maximum Gasteiger partial charge on any atom is 0.275 e. The van der Waals surface area contributed by atoms with E-state index in [1.807, 2.05) is 0 Å². The van der Waals surface area contributed by atoms with Crippen LogP contribution in [0.15, 0.2) is 34.2 Å². The minimum atomic E-state index is -0.643. The molecule has 1 fully saturated rings. The molecule has 1 saturated carbocycles. The van der Waals surface area contributed by atoms with E-state index in [1.54, 1.807) is 12.1 Å². The summed E-state index contributed by atoms with van der Waals surface area (Å²) in [6.45, 7) is 0. The van der Waals surface area contributed by atoms with Crippen molar-refractivity contribution in [3.63, 3.8) is 0 Å². The fourth-order valence-corrected chi connectivity index (χ4v) is 2.55. The largest absolute Gasteiger partial charge is 0.507 e. The molecule has 1 heterocycles. The minimum Gasteiger partial charge on any atom is -0.507 e. The first kappa shape index (κ1) is 15.9. The van der Waals surface area contributed by atoms with Gasteiger partial charge < -0.3 is 10.2 Å². The second-order valence-corrected chi connectivity index (χ2v) is 5.70. The fourth-order valence-electron chi connectivity index (χ4n) is 2.22. The van der Waals surface area contributed by atoms with Gasteiger partial charge in [0.05, 0.1) is 11.8 Å². The number of carbonyl (C=O) groups excluding carboxylic acids is 1. The van der Waals surface area contributed by atoms with Gasteiger partial charge >= 0.3 is 0 Å². The number of hydrogen-bond acceptors (Lipinski definition) is 6. The highest BCUT2D eigenvalue weighted by atomic mass is 32.1. The lowest BCUT2D eigenvalue weighted by Crippen LogP contribution is -2.21. The second-order valence-electron chi connectivity index (χ2n) is 5.31. The Morgan fingerprint density at radius 3 is 2.75 bits per heavy atom. The Labute approximate surface area is 141 Å². The van der Waals surface area contributed by atoms with Gasteiger partial charge in [0.15, 0.2) is 4.77 Å². The van der Waals surface area contributed by atoms with E-state index in [1.165, 1.54) is 16.7 Å². The average Bonchev–Trinajstić information content (AvgIpc) is 3.35. The van der Waals surface area contributed by atoms with E-state index in [-0.39, 0.29) is 33.6 Å².